The van der Waals surface area contributed by atoms with E-state index in [-0.39, 0.29) is 5.91 Å². The van der Waals surface area contributed by atoms with Crippen molar-refractivity contribution in [3.63, 3.8) is 0 Å². The lowest BCUT2D eigenvalue weighted by Crippen LogP contribution is -2.33. The molecule has 0 aromatic carbocycles. The van der Waals surface area contributed by atoms with E-state index in [2.05, 4.69) is 4.98 Å². The van der Waals surface area contributed by atoms with Gasteiger partial charge in [0.2, 0.25) is 5.91 Å². The zero-order valence-corrected chi connectivity index (χ0v) is 9.31. The Morgan fingerprint density at radius 1 is 1.53 bits per heavy atom. The van der Waals surface area contributed by atoms with Crippen LogP contribution in [0.5, 0.6) is 0 Å². The van der Waals surface area contributed by atoms with Crippen molar-refractivity contribution in [2.75, 3.05) is 13.1 Å². The van der Waals surface area contributed by atoms with Gasteiger partial charge in [-0.1, -0.05) is 0 Å². The molecule has 0 bridgehead atoms. The highest BCUT2D eigenvalue weighted by molar-refractivity contribution is 5.75. The topological polar surface area (TPSA) is 64.2 Å². The van der Waals surface area contributed by atoms with E-state index in [1.54, 1.807) is 21.9 Å². The number of hydrogen-bond acceptors (Lipinski definition) is 3. The van der Waals surface area contributed by atoms with Gasteiger partial charge in [0.25, 0.3) is 0 Å². The van der Waals surface area contributed by atoms with Crippen LogP contribution in [0.15, 0.2) is 12.4 Å². The summed E-state index contributed by atoms with van der Waals surface area (Å²) in [6.07, 6.45) is 3.45. The predicted molar refractivity (Wildman–Crippen MR) is 58.0 cm³/mol. The molecule has 0 fully saturated rings. The third kappa shape index (κ3) is 2.79. The molecule has 1 heterocycles. The summed E-state index contributed by atoms with van der Waals surface area (Å²) in [5.41, 5.74) is 5.50. The molecule has 0 aliphatic carbocycles. The molecule has 1 amide bonds. The average Bonchev–Trinajstić information content (AvgIpc) is 2.67. The maximum atomic E-state index is 11.8. The second-order valence-corrected chi connectivity index (χ2v) is 3.24. The molecule has 0 aliphatic heterocycles. The maximum absolute atomic E-state index is 11.8. The van der Waals surface area contributed by atoms with Crippen LogP contribution in [0.4, 0.5) is 0 Å². The van der Waals surface area contributed by atoms with E-state index in [4.69, 9.17) is 5.73 Å². The molecule has 0 saturated heterocycles. The molecule has 0 unspecified atom stereocenters. The largest absolute Gasteiger partial charge is 0.342 e. The lowest BCUT2D eigenvalue weighted by molar-refractivity contribution is -0.131. The third-order valence-corrected chi connectivity index (χ3v) is 2.41. The van der Waals surface area contributed by atoms with Crippen molar-refractivity contribution < 1.29 is 4.79 Å². The summed E-state index contributed by atoms with van der Waals surface area (Å²) in [7, 11) is 0. The van der Waals surface area contributed by atoms with Crippen molar-refractivity contribution in [1.29, 1.82) is 0 Å². The quantitative estimate of drug-likeness (QED) is 0.755. The first-order valence-corrected chi connectivity index (χ1v) is 5.20. The van der Waals surface area contributed by atoms with Gasteiger partial charge in [0.05, 0.1) is 6.54 Å². The smallest absolute Gasteiger partial charge is 0.242 e. The summed E-state index contributed by atoms with van der Waals surface area (Å²) in [6, 6.07) is 0. The molecule has 1 aromatic rings. The van der Waals surface area contributed by atoms with Gasteiger partial charge in [0.15, 0.2) is 0 Å². The first-order valence-electron chi connectivity index (χ1n) is 5.20. The minimum absolute atomic E-state index is 0.104. The van der Waals surface area contributed by atoms with Crippen LogP contribution in [0.25, 0.3) is 0 Å². The molecule has 0 saturated carbocycles. The SMILES string of the molecule is CCN(CC)C(=O)Cn1ccnc1CN. The fourth-order valence-electron chi connectivity index (χ4n) is 1.50. The molecule has 0 spiro atoms. The van der Waals surface area contributed by atoms with Crippen molar-refractivity contribution in [3.8, 4) is 0 Å². The van der Waals surface area contributed by atoms with Gasteiger partial charge in [-0.05, 0) is 13.8 Å². The van der Waals surface area contributed by atoms with Crippen LogP contribution in [0, 0.1) is 0 Å². The molecular formula is C10H18N4O. The number of aromatic nitrogens is 2. The molecule has 15 heavy (non-hydrogen) atoms. The number of rotatable bonds is 5. The molecule has 0 radical (unpaired) electrons. The summed E-state index contributed by atoms with van der Waals surface area (Å²) in [5.74, 6) is 0.850. The molecule has 5 nitrogen and oxygen atoms in total. The standard InChI is InChI=1S/C10H18N4O/c1-3-13(4-2)10(15)8-14-6-5-12-9(14)7-11/h5-6H,3-4,7-8,11H2,1-2H3. The molecule has 0 atom stereocenters. The monoisotopic (exact) mass is 210 g/mol. The molecule has 2 N–H and O–H groups in total. The van der Waals surface area contributed by atoms with Crippen LogP contribution in [0.2, 0.25) is 0 Å². The first kappa shape index (κ1) is 11.7. The summed E-state index contributed by atoms with van der Waals surface area (Å²) in [6.45, 7) is 6.11. The Hall–Kier alpha value is -1.36. The Morgan fingerprint density at radius 2 is 2.20 bits per heavy atom. The molecule has 0 aliphatic rings. The number of carbonyl (C=O) groups is 1. The maximum Gasteiger partial charge on any atom is 0.242 e. The zero-order chi connectivity index (χ0) is 11.3. The highest BCUT2D eigenvalue weighted by atomic mass is 16.2. The summed E-state index contributed by atoms with van der Waals surface area (Å²) in [4.78, 5) is 17.6. The van der Waals surface area contributed by atoms with E-state index in [0.717, 1.165) is 18.9 Å². The van der Waals surface area contributed by atoms with Gasteiger partial charge in [0, 0.05) is 25.5 Å². The number of nitrogens with two attached hydrogens (primary N) is 1. The second-order valence-electron chi connectivity index (χ2n) is 3.24. The van der Waals surface area contributed by atoms with Crippen LogP contribution in [-0.2, 0) is 17.9 Å². The zero-order valence-electron chi connectivity index (χ0n) is 9.31. The van der Waals surface area contributed by atoms with Crippen molar-refractivity contribution in [3.05, 3.63) is 18.2 Å². The van der Waals surface area contributed by atoms with Gasteiger partial charge in [-0.3, -0.25) is 4.79 Å². The van der Waals surface area contributed by atoms with Gasteiger partial charge in [-0.25, -0.2) is 4.98 Å². The van der Waals surface area contributed by atoms with Crippen LogP contribution in [0.3, 0.4) is 0 Å². The Bertz CT molecular complexity index is 317. The molecular weight excluding hydrogens is 192 g/mol. The Balaban J connectivity index is 2.65. The highest BCUT2D eigenvalue weighted by Gasteiger charge is 2.11. The number of hydrogen-bond donors (Lipinski definition) is 1. The lowest BCUT2D eigenvalue weighted by Gasteiger charge is -2.19. The number of amides is 1. The summed E-state index contributed by atoms with van der Waals surface area (Å²) < 4.78 is 1.79. The Morgan fingerprint density at radius 3 is 2.73 bits per heavy atom. The van der Waals surface area contributed by atoms with Gasteiger partial charge >= 0.3 is 0 Å². The van der Waals surface area contributed by atoms with Gasteiger partial charge in [0.1, 0.15) is 12.4 Å². The number of carbonyl (C=O) groups excluding carboxylic acids is 1. The van der Waals surface area contributed by atoms with Crippen molar-refractivity contribution >= 4 is 5.91 Å². The summed E-state index contributed by atoms with van der Waals surface area (Å²) in [5, 5.41) is 0. The number of imidazole rings is 1. The van der Waals surface area contributed by atoms with E-state index in [9.17, 15) is 4.79 Å². The number of nitrogens with zero attached hydrogens (tertiary/aromatic N) is 3. The van der Waals surface area contributed by atoms with Crippen LogP contribution in [0.1, 0.15) is 19.7 Å². The fourth-order valence-corrected chi connectivity index (χ4v) is 1.50. The normalized spacial score (nSPS) is 10.3. The molecule has 1 rings (SSSR count). The van der Waals surface area contributed by atoms with Crippen LogP contribution >= 0.6 is 0 Å². The van der Waals surface area contributed by atoms with Crippen LogP contribution in [-0.4, -0.2) is 33.4 Å². The number of likely N-dealkylation sites (N-methyl/N-ethyl adjacent to an activating group) is 1. The van der Waals surface area contributed by atoms with E-state index in [1.165, 1.54) is 0 Å². The van der Waals surface area contributed by atoms with E-state index in [0.29, 0.717) is 13.1 Å². The first-order chi connectivity index (χ1) is 7.22. The molecule has 5 heteroatoms. The van der Waals surface area contributed by atoms with Crippen molar-refractivity contribution in [2.45, 2.75) is 26.9 Å². The van der Waals surface area contributed by atoms with Crippen molar-refractivity contribution in [1.82, 2.24) is 14.5 Å². The van der Waals surface area contributed by atoms with Crippen LogP contribution < -0.4 is 5.73 Å². The average molecular weight is 210 g/mol. The van der Waals surface area contributed by atoms with Gasteiger partial charge in [-0.2, -0.15) is 0 Å². The van der Waals surface area contributed by atoms with Crippen molar-refractivity contribution in [2.24, 2.45) is 5.73 Å². The van der Waals surface area contributed by atoms with E-state index < -0.39 is 0 Å². The Labute approximate surface area is 89.9 Å². The highest BCUT2D eigenvalue weighted by Crippen LogP contribution is 1.99. The fraction of sp³-hybridized carbons (Fsp3) is 0.600. The second kappa shape index (κ2) is 5.50. The molecule has 1 aromatic heterocycles. The van der Waals surface area contributed by atoms with E-state index in [1.807, 2.05) is 13.8 Å². The molecule has 84 valence electrons. The third-order valence-electron chi connectivity index (χ3n) is 2.41. The summed E-state index contributed by atoms with van der Waals surface area (Å²) >= 11 is 0. The predicted octanol–water partition coefficient (Wildman–Crippen LogP) is 0.210. The lowest BCUT2D eigenvalue weighted by atomic mass is 10.4. The van der Waals surface area contributed by atoms with E-state index >= 15 is 0 Å². The van der Waals surface area contributed by atoms with Gasteiger partial charge < -0.3 is 15.2 Å². The minimum Gasteiger partial charge on any atom is -0.342 e. The Kier molecular flexibility index (Phi) is 4.30. The minimum atomic E-state index is 0.104. The van der Waals surface area contributed by atoms with Gasteiger partial charge in [-0.15, -0.1) is 0 Å².